The van der Waals surface area contributed by atoms with Gasteiger partial charge in [-0.2, -0.15) is 4.98 Å². The lowest BCUT2D eigenvalue weighted by Crippen LogP contribution is -2.31. The summed E-state index contributed by atoms with van der Waals surface area (Å²) >= 11 is 0. The predicted octanol–water partition coefficient (Wildman–Crippen LogP) is 2.40. The molecular formula is C16H18ClFN6O. The van der Waals surface area contributed by atoms with Crippen LogP contribution in [0.2, 0.25) is 0 Å². The van der Waals surface area contributed by atoms with E-state index >= 15 is 0 Å². The fraction of sp³-hybridized carbons (Fsp3) is 0.375. The van der Waals surface area contributed by atoms with Crippen molar-refractivity contribution in [1.29, 1.82) is 0 Å². The monoisotopic (exact) mass is 364 g/mol. The Labute approximate surface area is 150 Å². The van der Waals surface area contributed by atoms with Gasteiger partial charge in [-0.05, 0) is 37.1 Å². The highest BCUT2D eigenvalue weighted by Gasteiger charge is 2.19. The van der Waals surface area contributed by atoms with Crippen LogP contribution in [0.4, 0.5) is 4.39 Å². The van der Waals surface area contributed by atoms with Crippen molar-refractivity contribution in [2.24, 2.45) is 0 Å². The maximum absolute atomic E-state index is 13.2. The van der Waals surface area contributed by atoms with Crippen LogP contribution in [0.25, 0.3) is 11.7 Å². The number of nitrogens with one attached hydrogen (secondary N) is 1. The van der Waals surface area contributed by atoms with Gasteiger partial charge in [-0.3, -0.25) is 0 Å². The minimum Gasteiger partial charge on any atom is -0.330 e. The summed E-state index contributed by atoms with van der Waals surface area (Å²) in [5.41, 5.74) is 0.786. The van der Waals surface area contributed by atoms with Crippen LogP contribution in [-0.4, -0.2) is 38.0 Å². The standard InChI is InChI=1S/C16H17FN6O.ClH/c17-12-4-1-3-11(7-12)8-14-20-16(24-22-14)15-19-10-23(21-15)13-5-2-6-18-9-13;/h1,3-4,7,10,13,18H,2,5-6,8-9H2;1H. The SMILES string of the molecule is Cl.Fc1cccc(Cc2noc(-c3ncn(C4CCCNC4)n3)n2)c1. The molecule has 4 rings (SSSR count). The van der Waals surface area contributed by atoms with Crippen LogP contribution in [0.1, 0.15) is 30.3 Å². The van der Waals surface area contributed by atoms with Crippen molar-refractivity contribution in [2.45, 2.75) is 25.3 Å². The zero-order valence-corrected chi connectivity index (χ0v) is 14.2. The Kier molecular flexibility index (Phi) is 5.40. The van der Waals surface area contributed by atoms with E-state index in [4.69, 9.17) is 4.52 Å². The Hall–Kier alpha value is -2.32. The lowest BCUT2D eigenvalue weighted by atomic mass is 10.1. The van der Waals surface area contributed by atoms with E-state index < -0.39 is 0 Å². The second kappa shape index (κ2) is 7.71. The summed E-state index contributed by atoms with van der Waals surface area (Å²) in [6.07, 6.45) is 4.29. The Bertz CT molecular complexity index is 829. The smallest absolute Gasteiger partial charge is 0.297 e. The van der Waals surface area contributed by atoms with Crippen molar-refractivity contribution in [3.05, 3.63) is 47.8 Å². The van der Waals surface area contributed by atoms with Crippen LogP contribution in [0.15, 0.2) is 35.1 Å². The topological polar surface area (TPSA) is 81.7 Å². The number of nitrogens with zero attached hydrogens (tertiary/aromatic N) is 5. The van der Waals surface area contributed by atoms with Crippen LogP contribution < -0.4 is 5.32 Å². The molecular weight excluding hydrogens is 347 g/mol. The first-order chi connectivity index (χ1) is 11.8. The third kappa shape index (κ3) is 4.02. The van der Waals surface area contributed by atoms with Crippen LogP contribution in [0.5, 0.6) is 0 Å². The van der Waals surface area contributed by atoms with Gasteiger partial charge in [0, 0.05) is 13.0 Å². The molecule has 0 amide bonds. The lowest BCUT2D eigenvalue weighted by molar-refractivity contribution is 0.345. The van der Waals surface area contributed by atoms with E-state index in [0.29, 0.717) is 24.1 Å². The molecule has 0 spiro atoms. The van der Waals surface area contributed by atoms with Gasteiger partial charge in [0.05, 0.1) is 6.04 Å². The highest BCUT2D eigenvalue weighted by molar-refractivity contribution is 5.85. The van der Waals surface area contributed by atoms with Crippen molar-refractivity contribution in [2.75, 3.05) is 13.1 Å². The number of benzene rings is 1. The summed E-state index contributed by atoms with van der Waals surface area (Å²) in [5.74, 6) is 0.895. The van der Waals surface area contributed by atoms with Crippen molar-refractivity contribution in [3.63, 3.8) is 0 Å². The maximum atomic E-state index is 13.2. The summed E-state index contributed by atoms with van der Waals surface area (Å²) in [6, 6.07) is 6.64. The molecule has 25 heavy (non-hydrogen) atoms. The van der Waals surface area contributed by atoms with Gasteiger partial charge in [0.2, 0.25) is 5.82 Å². The average Bonchev–Trinajstić information content (AvgIpc) is 3.25. The van der Waals surface area contributed by atoms with Crippen molar-refractivity contribution < 1.29 is 8.91 Å². The van der Waals surface area contributed by atoms with Crippen molar-refractivity contribution in [1.82, 2.24) is 30.2 Å². The fourth-order valence-electron chi connectivity index (χ4n) is 2.85. The second-order valence-electron chi connectivity index (χ2n) is 5.87. The van der Waals surface area contributed by atoms with Gasteiger partial charge in [0.15, 0.2) is 5.82 Å². The number of rotatable bonds is 4. The van der Waals surface area contributed by atoms with Gasteiger partial charge in [-0.25, -0.2) is 14.1 Å². The van der Waals surface area contributed by atoms with Gasteiger partial charge < -0.3 is 9.84 Å². The Balaban J connectivity index is 0.00000182. The van der Waals surface area contributed by atoms with Gasteiger partial charge >= 0.3 is 0 Å². The Morgan fingerprint density at radius 1 is 1.36 bits per heavy atom. The molecule has 2 aromatic heterocycles. The molecule has 1 unspecified atom stereocenters. The van der Waals surface area contributed by atoms with Crippen LogP contribution in [-0.2, 0) is 6.42 Å². The number of aromatic nitrogens is 5. The van der Waals surface area contributed by atoms with E-state index in [1.807, 2.05) is 10.7 Å². The molecule has 0 radical (unpaired) electrons. The molecule has 1 atom stereocenters. The van der Waals surface area contributed by atoms with Crippen molar-refractivity contribution >= 4 is 12.4 Å². The summed E-state index contributed by atoms with van der Waals surface area (Å²) in [4.78, 5) is 8.57. The highest BCUT2D eigenvalue weighted by Crippen LogP contribution is 2.18. The molecule has 7 nitrogen and oxygen atoms in total. The van der Waals surface area contributed by atoms with Gasteiger partial charge in [-0.15, -0.1) is 17.5 Å². The second-order valence-corrected chi connectivity index (χ2v) is 5.87. The third-order valence-electron chi connectivity index (χ3n) is 4.06. The highest BCUT2D eigenvalue weighted by atomic mass is 35.5. The number of hydrogen-bond acceptors (Lipinski definition) is 6. The lowest BCUT2D eigenvalue weighted by Gasteiger charge is -2.22. The van der Waals surface area contributed by atoms with E-state index in [-0.39, 0.29) is 24.1 Å². The van der Waals surface area contributed by atoms with E-state index in [1.165, 1.54) is 12.1 Å². The fourth-order valence-corrected chi connectivity index (χ4v) is 2.85. The molecule has 1 aliphatic heterocycles. The van der Waals surface area contributed by atoms with Crippen molar-refractivity contribution in [3.8, 4) is 11.7 Å². The van der Waals surface area contributed by atoms with E-state index in [1.54, 1.807) is 12.4 Å². The zero-order chi connectivity index (χ0) is 16.4. The Morgan fingerprint density at radius 3 is 3.08 bits per heavy atom. The first-order valence-electron chi connectivity index (χ1n) is 7.97. The van der Waals surface area contributed by atoms with E-state index in [2.05, 4.69) is 25.5 Å². The quantitative estimate of drug-likeness (QED) is 0.765. The van der Waals surface area contributed by atoms with Crippen LogP contribution in [0.3, 0.4) is 0 Å². The first-order valence-corrected chi connectivity index (χ1v) is 7.97. The molecule has 1 aliphatic rings. The molecule has 3 aromatic rings. The maximum Gasteiger partial charge on any atom is 0.297 e. The summed E-state index contributed by atoms with van der Waals surface area (Å²) < 4.78 is 20.3. The molecule has 1 saturated heterocycles. The summed E-state index contributed by atoms with van der Waals surface area (Å²) in [5, 5.41) is 11.7. The largest absolute Gasteiger partial charge is 0.330 e. The van der Waals surface area contributed by atoms with Crippen LogP contribution in [0, 0.1) is 5.82 Å². The van der Waals surface area contributed by atoms with Gasteiger partial charge in [0.25, 0.3) is 5.89 Å². The molecule has 1 aromatic carbocycles. The third-order valence-corrected chi connectivity index (χ3v) is 4.06. The van der Waals surface area contributed by atoms with E-state index in [0.717, 1.165) is 31.5 Å². The minimum atomic E-state index is -0.280. The van der Waals surface area contributed by atoms with Crippen LogP contribution >= 0.6 is 12.4 Å². The normalized spacial score (nSPS) is 17.2. The number of hydrogen-bond donors (Lipinski definition) is 1. The average molecular weight is 365 g/mol. The molecule has 0 saturated carbocycles. The molecule has 1 N–H and O–H groups in total. The number of piperidine rings is 1. The first kappa shape index (κ1) is 17.5. The van der Waals surface area contributed by atoms with E-state index in [9.17, 15) is 4.39 Å². The molecule has 3 heterocycles. The predicted molar refractivity (Wildman–Crippen MR) is 90.9 cm³/mol. The summed E-state index contributed by atoms with van der Waals surface area (Å²) in [6.45, 7) is 1.93. The van der Waals surface area contributed by atoms with Gasteiger partial charge in [-0.1, -0.05) is 17.3 Å². The molecule has 0 bridgehead atoms. The minimum absolute atomic E-state index is 0. The van der Waals surface area contributed by atoms with Gasteiger partial charge in [0.1, 0.15) is 12.1 Å². The summed E-state index contributed by atoms with van der Waals surface area (Å²) in [7, 11) is 0. The Morgan fingerprint density at radius 2 is 2.28 bits per heavy atom. The molecule has 9 heteroatoms. The molecule has 132 valence electrons. The molecule has 0 aliphatic carbocycles. The zero-order valence-electron chi connectivity index (χ0n) is 13.4. The molecule has 1 fully saturated rings. The number of halogens is 2.